The van der Waals surface area contributed by atoms with Crippen molar-refractivity contribution in [2.24, 2.45) is 0 Å². The van der Waals surface area contributed by atoms with Gasteiger partial charge >= 0.3 is 0 Å². The molecule has 2 aromatic rings. The van der Waals surface area contributed by atoms with Crippen molar-refractivity contribution in [3.63, 3.8) is 0 Å². The van der Waals surface area contributed by atoms with Crippen LogP contribution in [0.3, 0.4) is 0 Å². The lowest BCUT2D eigenvalue weighted by Crippen LogP contribution is -2.15. The summed E-state index contributed by atoms with van der Waals surface area (Å²) in [5, 5.41) is 9.83. The first-order chi connectivity index (χ1) is 8.84. The van der Waals surface area contributed by atoms with Crippen LogP contribution in [0.4, 0.5) is 0 Å². The highest BCUT2D eigenvalue weighted by Crippen LogP contribution is 2.06. The SMILES string of the molecule is CC.OC(CCc1ccccc1)Cn1ccnc1. The summed E-state index contributed by atoms with van der Waals surface area (Å²) >= 11 is 0. The van der Waals surface area contributed by atoms with E-state index < -0.39 is 0 Å². The van der Waals surface area contributed by atoms with E-state index in [4.69, 9.17) is 0 Å². The summed E-state index contributed by atoms with van der Waals surface area (Å²) in [5.41, 5.74) is 1.27. The van der Waals surface area contributed by atoms with Crippen LogP contribution in [-0.2, 0) is 13.0 Å². The molecule has 0 aliphatic heterocycles. The van der Waals surface area contributed by atoms with Gasteiger partial charge in [0.2, 0.25) is 0 Å². The lowest BCUT2D eigenvalue weighted by molar-refractivity contribution is 0.144. The number of benzene rings is 1. The maximum Gasteiger partial charge on any atom is 0.0946 e. The minimum Gasteiger partial charge on any atom is -0.391 e. The zero-order valence-electron chi connectivity index (χ0n) is 11.2. The number of hydrogen-bond donors (Lipinski definition) is 1. The Hall–Kier alpha value is -1.61. The molecule has 1 N–H and O–H groups in total. The Morgan fingerprint density at radius 2 is 1.94 bits per heavy atom. The van der Waals surface area contributed by atoms with E-state index in [2.05, 4.69) is 17.1 Å². The van der Waals surface area contributed by atoms with E-state index in [0.29, 0.717) is 6.54 Å². The number of aliphatic hydroxyl groups excluding tert-OH is 1. The van der Waals surface area contributed by atoms with Crippen molar-refractivity contribution in [2.45, 2.75) is 39.3 Å². The van der Waals surface area contributed by atoms with Crippen molar-refractivity contribution in [3.05, 3.63) is 54.6 Å². The van der Waals surface area contributed by atoms with Gasteiger partial charge in [0.1, 0.15) is 0 Å². The number of hydrogen-bond acceptors (Lipinski definition) is 2. The molecular formula is C15H22N2O. The number of imidazole rings is 1. The van der Waals surface area contributed by atoms with E-state index in [-0.39, 0.29) is 6.10 Å². The van der Waals surface area contributed by atoms with Crippen molar-refractivity contribution < 1.29 is 5.11 Å². The molecule has 0 aliphatic rings. The highest BCUT2D eigenvalue weighted by molar-refractivity contribution is 5.14. The van der Waals surface area contributed by atoms with Crippen LogP contribution in [0.15, 0.2) is 49.1 Å². The van der Waals surface area contributed by atoms with Gasteiger partial charge < -0.3 is 9.67 Å². The standard InChI is InChI=1S/C13H16N2O.C2H6/c16-13(10-15-9-8-14-11-15)7-6-12-4-2-1-3-5-12;1-2/h1-5,8-9,11,13,16H,6-7,10H2;1-2H3. The Kier molecular flexibility index (Phi) is 6.81. The summed E-state index contributed by atoms with van der Waals surface area (Å²) < 4.78 is 1.90. The first-order valence-electron chi connectivity index (χ1n) is 6.52. The van der Waals surface area contributed by atoms with Crippen molar-refractivity contribution in [1.82, 2.24) is 9.55 Å². The molecule has 0 radical (unpaired) electrons. The van der Waals surface area contributed by atoms with Gasteiger partial charge in [0, 0.05) is 18.9 Å². The van der Waals surface area contributed by atoms with Crippen molar-refractivity contribution in [3.8, 4) is 0 Å². The fraction of sp³-hybridized carbons (Fsp3) is 0.400. The summed E-state index contributed by atoms with van der Waals surface area (Å²) in [6.07, 6.45) is 6.70. The number of nitrogens with zero attached hydrogens (tertiary/aromatic N) is 2. The normalized spacial score (nSPS) is 11.5. The lowest BCUT2D eigenvalue weighted by Gasteiger charge is -2.10. The Labute approximate surface area is 109 Å². The summed E-state index contributed by atoms with van der Waals surface area (Å²) in [6.45, 7) is 4.62. The van der Waals surface area contributed by atoms with Gasteiger partial charge in [-0.2, -0.15) is 0 Å². The van der Waals surface area contributed by atoms with Crippen LogP contribution in [-0.4, -0.2) is 20.8 Å². The average molecular weight is 246 g/mol. The van der Waals surface area contributed by atoms with Gasteiger partial charge in [-0.05, 0) is 18.4 Å². The maximum atomic E-state index is 9.83. The molecule has 1 unspecified atom stereocenters. The van der Waals surface area contributed by atoms with Crippen molar-refractivity contribution >= 4 is 0 Å². The Bertz CT molecular complexity index is 398. The van der Waals surface area contributed by atoms with E-state index in [1.165, 1.54) is 5.56 Å². The van der Waals surface area contributed by atoms with Gasteiger partial charge in [0.15, 0.2) is 0 Å². The van der Waals surface area contributed by atoms with Crippen molar-refractivity contribution in [1.29, 1.82) is 0 Å². The molecule has 0 saturated heterocycles. The molecule has 0 spiro atoms. The van der Waals surface area contributed by atoms with Gasteiger partial charge in [0.25, 0.3) is 0 Å². The zero-order valence-corrected chi connectivity index (χ0v) is 11.2. The van der Waals surface area contributed by atoms with E-state index in [9.17, 15) is 5.11 Å². The molecule has 0 aliphatic carbocycles. The summed E-state index contributed by atoms with van der Waals surface area (Å²) in [7, 11) is 0. The molecule has 1 heterocycles. The van der Waals surface area contributed by atoms with Crippen LogP contribution in [0, 0.1) is 0 Å². The Balaban J connectivity index is 0.000000771. The topological polar surface area (TPSA) is 38.0 Å². The van der Waals surface area contributed by atoms with Gasteiger partial charge in [-0.25, -0.2) is 4.98 Å². The van der Waals surface area contributed by atoms with Crippen LogP contribution >= 0.6 is 0 Å². The molecule has 1 aromatic carbocycles. The maximum absolute atomic E-state index is 9.83. The molecule has 0 bridgehead atoms. The van der Waals surface area contributed by atoms with Crippen LogP contribution in [0.1, 0.15) is 25.8 Å². The zero-order chi connectivity index (χ0) is 13.2. The van der Waals surface area contributed by atoms with Gasteiger partial charge in [0.05, 0.1) is 12.4 Å². The summed E-state index contributed by atoms with van der Waals surface area (Å²) in [6, 6.07) is 10.2. The quantitative estimate of drug-likeness (QED) is 0.881. The third-order valence-electron chi connectivity index (χ3n) is 2.59. The predicted molar refractivity (Wildman–Crippen MR) is 74.3 cm³/mol. The summed E-state index contributed by atoms with van der Waals surface area (Å²) in [4.78, 5) is 3.95. The first-order valence-corrected chi connectivity index (χ1v) is 6.52. The molecule has 18 heavy (non-hydrogen) atoms. The predicted octanol–water partition coefficient (Wildman–Crippen LogP) is 2.90. The molecule has 98 valence electrons. The molecular weight excluding hydrogens is 224 g/mol. The number of aromatic nitrogens is 2. The van der Waals surface area contributed by atoms with Gasteiger partial charge in [-0.1, -0.05) is 44.2 Å². The Morgan fingerprint density at radius 3 is 2.56 bits per heavy atom. The minimum absolute atomic E-state index is 0.311. The molecule has 1 aromatic heterocycles. The van der Waals surface area contributed by atoms with Crippen LogP contribution in [0.25, 0.3) is 0 Å². The van der Waals surface area contributed by atoms with E-state index in [1.54, 1.807) is 12.5 Å². The average Bonchev–Trinajstić information content (AvgIpc) is 2.93. The number of rotatable bonds is 5. The van der Waals surface area contributed by atoms with E-state index >= 15 is 0 Å². The third kappa shape index (κ3) is 5.15. The van der Waals surface area contributed by atoms with E-state index in [0.717, 1.165) is 12.8 Å². The first kappa shape index (κ1) is 14.5. The van der Waals surface area contributed by atoms with Crippen LogP contribution in [0.2, 0.25) is 0 Å². The van der Waals surface area contributed by atoms with E-state index in [1.807, 2.05) is 42.8 Å². The van der Waals surface area contributed by atoms with Crippen molar-refractivity contribution in [2.75, 3.05) is 0 Å². The largest absolute Gasteiger partial charge is 0.391 e. The second-order valence-corrected chi connectivity index (χ2v) is 3.94. The molecule has 1 atom stereocenters. The third-order valence-corrected chi connectivity index (χ3v) is 2.59. The van der Waals surface area contributed by atoms with Gasteiger partial charge in [-0.15, -0.1) is 0 Å². The highest BCUT2D eigenvalue weighted by atomic mass is 16.3. The molecule has 2 rings (SSSR count). The second kappa shape index (κ2) is 8.48. The molecule has 0 amide bonds. The number of aliphatic hydroxyl groups is 1. The van der Waals surface area contributed by atoms with Crippen LogP contribution < -0.4 is 0 Å². The fourth-order valence-corrected chi connectivity index (χ4v) is 1.71. The lowest BCUT2D eigenvalue weighted by atomic mass is 10.1. The smallest absolute Gasteiger partial charge is 0.0946 e. The second-order valence-electron chi connectivity index (χ2n) is 3.94. The molecule has 3 nitrogen and oxygen atoms in total. The fourth-order valence-electron chi connectivity index (χ4n) is 1.71. The summed E-state index contributed by atoms with van der Waals surface area (Å²) in [5.74, 6) is 0. The molecule has 0 fully saturated rings. The minimum atomic E-state index is -0.311. The Morgan fingerprint density at radius 1 is 1.22 bits per heavy atom. The number of aryl methyl sites for hydroxylation is 1. The highest BCUT2D eigenvalue weighted by Gasteiger charge is 2.04. The van der Waals surface area contributed by atoms with Crippen LogP contribution in [0.5, 0.6) is 0 Å². The molecule has 0 saturated carbocycles. The van der Waals surface area contributed by atoms with Gasteiger partial charge in [-0.3, -0.25) is 0 Å². The monoisotopic (exact) mass is 246 g/mol. The molecule has 3 heteroatoms.